The molecule has 0 fully saturated rings. The molecule has 0 bridgehead atoms. The van der Waals surface area contributed by atoms with Crippen LogP contribution in [0.5, 0.6) is 11.5 Å². The fraction of sp³-hybridized carbons (Fsp3) is 0.700. The van der Waals surface area contributed by atoms with E-state index >= 15 is 0 Å². The molecule has 0 amide bonds. The van der Waals surface area contributed by atoms with E-state index in [0.29, 0.717) is 0 Å². The molecule has 3 aromatic carbocycles. The van der Waals surface area contributed by atoms with Crippen molar-refractivity contribution < 1.29 is 26.7 Å². The second kappa shape index (κ2) is 61.8. The Kier molecular flexibility index (Phi) is 57.6. The third-order valence-electron chi connectivity index (χ3n) is 16.8. The van der Waals surface area contributed by atoms with Gasteiger partial charge in [0, 0.05) is 30.2 Å². The minimum atomic E-state index is -0.419. The molecule has 0 aromatic heterocycles. The molecule has 0 saturated carbocycles. The summed E-state index contributed by atoms with van der Waals surface area (Å²) in [6, 6.07) is 21.2. The van der Waals surface area contributed by atoms with Crippen LogP contribution in [0.2, 0.25) is 0 Å². The number of unbranched alkanes of at least 4 members (excludes halogenated alkanes) is 47. The van der Waals surface area contributed by atoms with Gasteiger partial charge in [-0.25, -0.2) is 0 Å². The molecule has 3 aromatic rings. The topological polar surface area (TPSA) is 70.8 Å². The van der Waals surface area contributed by atoms with Crippen molar-refractivity contribution in [2.75, 3.05) is 0 Å². The van der Waals surface area contributed by atoms with Gasteiger partial charge in [0.15, 0.2) is 0 Å². The third-order valence-corrected chi connectivity index (χ3v) is 16.8. The van der Waals surface area contributed by atoms with E-state index in [-0.39, 0.29) is 16.5 Å². The first kappa shape index (κ1) is 79.2. The molecule has 3 rings (SSSR count). The van der Waals surface area contributed by atoms with E-state index in [9.17, 15) is 10.2 Å². The Bertz CT molecular complexity index is 2140. The van der Waals surface area contributed by atoms with Crippen molar-refractivity contribution >= 4 is 23.3 Å². The molecule has 0 atom stereocenters. The minimum Gasteiger partial charge on any atom is -0.873 e. The van der Waals surface area contributed by atoms with Crippen molar-refractivity contribution in [1.29, 1.82) is 0 Å². The van der Waals surface area contributed by atoms with Crippen LogP contribution in [0.1, 0.15) is 372 Å². The molecule has 4 nitrogen and oxygen atoms in total. The van der Waals surface area contributed by atoms with E-state index < -0.39 is 11.5 Å². The first-order valence-electron chi connectivity index (χ1n) is 36.2. The summed E-state index contributed by atoms with van der Waals surface area (Å²) in [5, 5.41) is 21.3. The Balaban J connectivity index is 0.00000295. The molecule has 0 aliphatic rings. The van der Waals surface area contributed by atoms with Crippen LogP contribution in [0.3, 0.4) is 0 Å². The standard InChI is InChI=1S/C72H120N2.C8H10O2.Ni/c1-4-7-10-12-14-16-18-20-22-24-26-28-30-32-34-36-38-40-42-44-46-48-50-52-54-58-68-60-56-63-70(65-68)73-67-72(62-9-6-3)74-71-64-57-61-69(66-71)59-55-53-51-49-47-45-43-41-39-37-35-33-31-29-27-25-23-21-19-17-15-13-11-8-5-2;1-2-6-3-4-7(9)8(10)5-6;/h56-57,60-61,63-67H,4-53,62H2,1-3H3;3-5,9-10H,2H2,1H3;/q;;+2/p-2. The molecule has 0 aliphatic heterocycles. The van der Waals surface area contributed by atoms with Crippen LogP contribution in [-0.4, -0.2) is 11.9 Å². The van der Waals surface area contributed by atoms with Gasteiger partial charge in [0.25, 0.3) is 0 Å². The molecule has 480 valence electrons. The van der Waals surface area contributed by atoms with E-state index in [0.717, 1.165) is 72.3 Å². The zero-order valence-electron chi connectivity index (χ0n) is 55.7. The van der Waals surface area contributed by atoms with Gasteiger partial charge in [-0.1, -0.05) is 371 Å². The van der Waals surface area contributed by atoms with E-state index in [4.69, 9.17) is 9.98 Å². The molecule has 5 heteroatoms. The van der Waals surface area contributed by atoms with Gasteiger partial charge in [-0.15, -0.1) is 11.5 Å². The van der Waals surface area contributed by atoms with Crippen molar-refractivity contribution in [3.63, 3.8) is 0 Å². The smallest absolute Gasteiger partial charge is 0.873 e. The zero-order valence-corrected chi connectivity index (χ0v) is 56.7. The van der Waals surface area contributed by atoms with Crippen LogP contribution in [0.4, 0.5) is 11.4 Å². The Labute approximate surface area is 537 Å². The van der Waals surface area contributed by atoms with Gasteiger partial charge in [0.1, 0.15) is 0 Å². The molecule has 0 radical (unpaired) electrons. The van der Waals surface area contributed by atoms with E-state index in [2.05, 4.69) is 93.0 Å². The van der Waals surface area contributed by atoms with Crippen molar-refractivity contribution in [2.45, 2.75) is 362 Å². The molecule has 0 unspecified atom stereocenters. The van der Waals surface area contributed by atoms with Crippen LogP contribution in [-0.2, 0) is 22.9 Å². The molecule has 0 aliphatic carbocycles. The van der Waals surface area contributed by atoms with Gasteiger partial charge < -0.3 is 10.2 Å². The maximum Gasteiger partial charge on any atom is 2.00 e. The van der Waals surface area contributed by atoms with Gasteiger partial charge in [0.2, 0.25) is 0 Å². The molecule has 85 heavy (non-hydrogen) atoms. The van der Waals surface area contributed by atoms with Crippen LogP contribution in [0, 0.1) is 23.7 Å². The first-order valence-corrected chi connectivity index (χ1v) is 36.2. The van der Waals surface area contributed by atoms with Crippen LogP contribution in [0.25, 0.3) is 0 Å². The number of hydrogen-bond acceptors (Lipinski definition) is 4. The van der Waals surface area contributed by atoms with Gasteiger partial charge in [-0.05, 0) is 74.1 Å². The van der Waals surface area contributed by atoms with Gasteiger partial charge in [0.05, 0.1) is 17.1 Å². The van der Waals surface area contributed by atoms with Crippen LogP contribution in [0.15, 0.2) is 76.7 Å². The van der Waals surface area contributed by atoms with Gasteiger partial charge in [-0.2, -0.15) is 0 Å². The Hall–Kier alpha value is -3.79. The van der Waals surface area contributed by atoms with Gasteiger partial charge >= 0.3 is 16.5 Å². The summed E-state index contributed by atoms with van der Waals surface area (Å²) in [6.07, 6.45) is 73.4. The summed E-state index contributed by atoms with van der Waals surface area (Å²) in [7, 11) is 0. The Morgan fingerprint density at radius 2 is 0.671 bits per heavy atom. The number of hydrogen-bond donors (Lipinski definition) is 0. The number of aliphatic imine (C=N–C) groups is 2. The summed E-state index contributed by atoms with van der Waals surface area (Å²) in [5.41, 5.74) is 5.92. The van der Waals surface area contributed by atoms with E-state index in [1.807, 2.05) is 13.1 Å². The fourth-order valence-electron chi connectivity index (χ4n) is 11.2. The predicted molar refractivity (Wildman–Crippen MR) is 369 cm³/mol. The van der Waals surface area contributed by atoms with Gasteiger partial charge in [-0.3, -0.25) is 9.98 Å². The monoisotopic (exact) mass is 1210 g/mol. The normalized spacial score (nSPS) is 11.2. The average Bonchev–Trinajstić information content (AvgIpc) is 3.51. The predicted octanol–water partition coefficient (Wildman–Crippen LogP) is 25.2. The number of nitrogens with zero attached hydrogens (tertiary/aromatic N) is 2. The molecule has 0 saturated heterocycles. The summed E-state index contributed by atoms with van der Waals surface area (Å²) in [5.74, 6) is 12.9. The van der Waals surface area contributed by atoms with Crippen LogP contribution >= 0.6 is 0 Å². The van der Waals surface area contributed by atoms with Crippen molar-refractivity contribution in [2.24, 2.45) is 9.98 Å². The largest absolute Gasteiger partial charge is 2.00 e. The zero-order chi connectivity index (χ0) is 60.1. The third kappa shape index (κ3) is 50.9. The minimum absolute atomic E-state index is 0. The summed E-state index contributed by atoms with van der Waals surface area (Å²) in [4.78, 5) is 9.92. The molecular weight excluding hydrogens is 1080 g/mol. The number of rotatable bonds is 53. The molecule has 0 spiro atoms. The molecule has 0 N–H and O–H groups in total. The van der Waals surface area contributed by atoms with Crippen LogP contribution < -0.4 is 10.2 Å². The Morgan fingerprint density at radius 1 is 0.353 bits per heavy atom. The summed E-state index contributed by atoms with van der Waals surface area (Å²) < 4.78 is 0. The first-order chi connectivity index (χ1) is 41.5. The quantitative estimate of drug-likeness (QED) is 0.0245. The maximum absolute atomic E-state index is 10.7. The summed E-state index contributed by atoms with van der Waals surface area (Å²) >= 11 is 0. The van der Waals surface area contributed by atoms with E-state index in [1.165, 1.54) is 307 Å². The average molecular weight is 1210 g/mol. The number of aryl methyl sites for hydroxylation is 1. The fourth-order valence-corrected chi connectivity index (χ4v) is 11.2. The SMILES string of the molecule is CCCCCCCCCCCCCCCCCCCCCCCCCC#Cc1cccc(N=CC(CCCC)=Nc2cccc(C#CCCCCCCCCCCCCCCCCCCCCCCCCC)c2)c1.CCc1ccc([O-])c([O-])c1.[Ni+2]. The van der Waals surface area contributed by atoms with Crippen molar-refractivity contribution in [1.82, 2.24) is 0 Å². The summed E-state index contributed by atoms with van der Waals surface area (Å²) in [6.45, 7) is 8.79. The molecule has 0 heterocycles. The van der Waals surface area contributed by atoms with Crippen molar-refractivity contribution in [3.8, 4) is 35.2 Å². The molecular formula is C80H128N2NiO2. The second-order valence-corrected chi connectivity index (χ2v) is 24.9. The van der Waals surface area contributed by atoms with E-state index in [1.54, 1.807) is 6.07 Å². The number of benzene rings is 3. The maximum atomic E-state index is 10.7. The van der Waals surface area contributed by atoms with Crippen molar-refractivity contribution in [3.05, 3.63) is 83.4 Å². The Morgan fingerprint density at radius 3 is 1.00 bits per heavy atom. The second-order valence-electron chi connectivity index (χ2n) is 24.9.